The minimum absolute atomic E-state index is 0.810. The van der Waals surface area contributed by atoms with Gasteiger partial charge in [0.1, 0.15) is 5.75 Å². The second-order valence-corrected chi connectivity index (χ2v) is 7.40. The Morgan fingerprint density at radius 2 is 1.85 bits per heavy atom. The standard InChI is InChI=1S/C22H31N3O/c1-24(17-19-7-12-23-13-8-19)18-20-9-14-25(15-10-20)16-11-21-5-3-4-6-22(21)26-2/h3-8,12-13,20H,9-11,14-18H2,1-2H3. The molecule has 1 fully saturated rings. The van der Waals surface area contributed by atoms with Gasteiger partial charge in [-0.2, -0.15) is 0 Å². The van der Waals surface area contributed by atoms with E-state index in [-0.39, 0.29) is 0 Å². The average Bonchev–Trinajstić information content (AvgIpc) is 2.68. The van der Waals surface area contributed by atoms with Gasteiger partial charge < -0.3 is 14.5 Å². The molecule has 1 aliphatic rings. The lowest BCUT2D eigenvalue weighted by molar-refractivity contribution is 0.153. The first-order chi connectivity index (χ1) is 12.7. The molecular weight excluding hydrogens is 322 g/mol. The Labute approximate surface area is 157 Å². The smallest absolute Gasteiger partial charge is 0.122 e. The number of piperidine rings is 1. The van der Waals surface area contributed by atoms with Crippen LogP contribution >= 0.6 is 0 Å². The average molecular weight is 354 g/mol. The fourth-order valence-corrected chi connectivity index (χ4v) is 3.89. The van der Waals surface area contributed by atoms with Gasteiger partial charge in [-0.05, 0) is 74.6 Å². The van der Waals surface area contributed by atoms with Gasteiger partial charge in [-0.25, -0.2) is 0 Å². The summed E-state index contributed by atoms with van der Waals surface area (Å²) in [5, 5.41) is 0. The lowest BCUT2D eigenvalue weighted by Crippen LogP contribution is -2.38. The normalized spacial score (nSPS) is 16.1. The molecule has 1 saturated heterocycles. The van der Waals surface area contributed by atoms with Gasteiger partial charge in [0.05, 0.1) is 7.11 Å². The summed E-state index contributed by atoms with van der Waals surface area (Å²) in [6.07, 6.45) is 7.42. The van der Waals surface area contributed by atoms with Crippen LogP contribution in [0.25, 0.3) is 0 Å². The highest BCUT2D eigenvalue weighted by Gasteiger charge is 2.20. The number of hydrogen-bond acceptors (Lipinski definition) is 4. The van der Waals surface area contributed by atoms with Crippen LogP contribution in [-0.4, -0.2) is 55.1 Å². The monoisotopic (exact) mass is 353 g/mol. The van der Waals surface area contributed by atoms with Gasteiger partial charge in [-0.3, -0.25) is 4.98 Å². The third kappa shape index (κ3) is 5.55. The van der Waals surface area contributed by atoms with E-state index < -0.39 is 0 Å². The predicted molar refractivity (Wildman–Crippen MR) is 106 cm³/mol. The second-order valence-electron chi connectivity index (χ2n) is 7.40. The van der Waals surface area contributed by atoms with E-state index in [1.807, 2.05) is 18.5 Å². The summed E-state index contributed by atoms with van der Waals surface area (Å²) < 4.78 is 5.47. The van der Waals surface area contributed by atoms with Crippen molar-refractivity contribution in [3.8, 4) is 5.75 Å². The maximum Gasteiger partial charge on any atom is 0.122 e. The second kappa shape index (κ2) is 9.70. The number of ether oxygens (including phenoxy) is 1. The van der Waals surface area contributed by atoms with Gasteiger partial charge >= 0.3 is 0 Å². The summed E-state index contributed by atoms with van der Waals surface area (Å²) in [6, 6.07) is 12.6. The van der Waals surface area contributed by atoms with E-state index in [0.29, 0.717) is 0 Å². The summed E-state index contributed by atoms with van der Waals surface area (Å²) >= 11 is 0. The third-order valence-electron chi connectivity index (χ3n) is 5.37. The Bertz CT molecular complexity index is 653. The molecule has 0 saturated carbocycles. The van der Waals surface area contributed by atoms with Crippen LogP contribution in [0.4, 0.5) is 0 Å². The molecule has 4 nitrogen and oxygen atoms in total. The quantitative estimate of drug-likeness (QED) is 0.726. The van der Waals surface area contributed by atoms with Crippen LogP contribution in [0.15, 0.2) is 48.8 Å². The lowest BCUT2D eigenvalue weighted by Gasteiger charge is -2.34. The molecule has 2 aromatic rings. The molecule has 1 aromatic heterocycles. The van der Waals surface area contributed by atoms with Crippen molar-refractivity contribution >= 4 is 0 Å². The van der Waals surface area contributed by atoms with Gasteiger partial charge in [0.2, 0.25) is 0 Å². The van der Waals surface area contributed by atoms with Crippen molar-refractivity contribution in [2.75, 3.05) is 40.3 Å². The molecule has 0 aliphatic carbocycles. The number of pyridine rings is 1. The van der Waals surface area contributed by atoms with E-state index >= 15 is 0 Å². The van der Waals surface area contributed by atoms with Crippen LogP contribution < -0.4 is 4.74 Å². The fourth-order valence-electron chi connectivity index (χ4n) is 3.89. The van der Waals surface area contributed by atoms with Gasteiger partial charge in [-0.15, -0.1) is 0 Å². The molecule has 4 heteroatoms. The molecule has 26 heavy (non-hydrogen) atoms. The predicted octanol–water partition coefficient (Wildman–Crippen LogP) is 3.48. The van der Waals surface area contributed by atoms with Crippen molar-refractivity contribution < 1.29 is 4.74 Å². The highest BCUT2D eigenvalue weighted by atomic mass is 16.5. The van der Waals surface area contributed by atoms with Crippen molar-refractivity contribution in [2.24, 2.45) is 5.92 Å². The summed E-state index contributed by atoms with van der Waals surface area (Å²) in [4.78, 5) is 9.15. The molecule has 1 aliphatic heterocycles. The topological polar surface area (TPSA) is 28.6 Å². The number of rotatable bonds is 8. The zero-order valence-electron chi connectivity index (χ0n) is 16.1. The van der Waals surface area contributed by atoms with Crippen LogP contribution in [0.5, 0.6) is 5.75 Å². The molecule has 0 unspecified atom stereocenters. The molecule has 0 amide bonds. The molecular formula is C22H31N3O. The molecule has 0 N–H and O–H groups in total. The maximum atomic E-state index is 5.47. The minimum atomic E-state index is 0.810. The Hall–Kier alpha value is -1.91. The van der Waals surface area contributed by atoms with Crippen molar-refractivity contribution in [1.82, 2.24) is 14.8 Å². The first-order valence-corrected chi connectivity index (χ1v) is 9.66. The van der Waals surface area contributed by atoms with E-state index in [1.165, 1.54) is 43.6 Å². The number of nitrogens with zero attached hydrogens (tertiary/aromatic N) is 3. The van der Waals surface area contributed by atoms with Gasteiger partial charge in [0, 0.05) is 32.0 Å². The van der Waals surface area contributed by atoms with Crippen molar-refractivity contribution in [2.45, 2.75) is 25.8 Å². The molecule has 3 rings (SSSR count). The Balaban J connectivity index is 1.38. The van der Waals surface area contributed by atoms with Gasteiger partial charge in [-0.1, -0.05) is 18.2 Å². The number of likely N-dealkylation sites (tertiary alicyclic amines) is 1. The van der Waals surface area contributed by atoms with E-state index in [2.05, 4.69) is 52.2 Å². The molecule has 0 radical (unpaired) electrons. The molecule has 2 heterocycles. The van der Waals surface area contributed by atoms with E-state index in [0.717, 1.165) is 31.2 Å². The molecule has 1 aromatic carbocycles. The zero-order valence-corrected chi connectivity index (χ0v) is 16.1. The van der Waals surface area contributed by atoms with Crippen LogP contribution in [0.1, 0.15) is 24.0 Å². The Morgan fingerprint density at radius 1 is 1.12 bits per heavy atom. The molecule has 0 bridgehead atoms. The van der Waals surface area contributed by atoms with Crippen molar-refractivity contribution in [3.05, 3.63) is 59.9 Å². The summed E-state index contributed by atoms with van der Waals surface area (Å²) in [5.74, 6) is 1.82. The first-order valence-electron chi connectivity index (χ1n) is 9.66. The van der Waals surface area contributed by atoms with Crippen LogP contribution in [0.2, 0.25) is 0 Å². The lowest BCUT2D eigenvalue weighted by atomic mass is 9.95. The van der Waals surface area contributed by atoms with E-state index in [4.69, 9.17) is 4.74 Å². The minimum Gasteiger partial charge on any atom is -0.496 e. The largest absolute Gasteiger partial charge is 0.496 e. The number of para-hydroxylation sites is 1. The zero-order chi connectivity index (χ0) is 18.2. The number of benzene rings is 1. The maximum absolute atomic E-state index is 5.47. The number of aromatic nitrogens is 1. The number of methoxy groups -OCH3 is 1. The fraction of sp³-hybridized carbons (Fsp3) is 0.500. The summed E-state index contributed by atoms with van der Waals surface area (Å²) in [5.41, 5.74) is 2.66. The Morgan fingerprint density at radius 3 is 2.58 bits per heavy atom. The van der Waals surface area contributed by atoms with Crippen LogP contribution in [0.3, 0.4) is 0 Å². The number of hydrogen-bond donors (Lipinski definition) is 0. The summed E-state index contributed by atoms with van der Waals surface area (Å²) in [7, 11) is 3.99. The van der Waals surface area contributed by atoms with Gasteiger partial charge in [0.15, 0.2) is 0 Å². The van der Waals surface area contributed by atoms with Gasteiger partial charge in [0.25, 0.3) is 0 Å². The van der Waals surface area contributed by atoms with E-state index in [9.17, 15) is 0 Å². The molecule has 140 valence electrons. The Kier molecular flexibility index (Phi) is 7.04. The highest BCUT2D eigenvalue weighted by Crippen LogP contribution is 2.21. The molecule has 0 atom stereocenters. The van der Waals surface area contributed by atoms with Crippen LogP contribution in [0, 0.1) is 5.92 Å². The van der Waals surface area contributed by atoms with Crippen molar-refractivity contribution in [3.63, 3.8) is 0 Å². The SMILES string of the molecule is COc1ccccc1CCN1CCC(CN(C)Cc2ccncc2)CC1. The highest BCUT2D eigenvalue weighted by molar-refractivity contribution is 5.33. The third-order valence-corrected chi connectivity index (χ3v) is 5.37. The van der Waals surface area contributed by atoms with E-state index in [1.54, 1.807) is 7.11 Å². The first kappa shape index (κ1) is 18.9. The summed E-state index contributed by atoms with van der Waals surface area (Å²) in [6.45, 7) is 5.74. The van der Waals surface area contributed by atoms with Crippen LogP contribution in [-0.2, 0) is 13.0 Å². The molecule has 0 spiro atoms. The van der Waals surface area contributed by atoms with Crippen molar-refractivity contribution in [1.29, 1.82) is 0 Å².